The van der Waals surface area contributed by atoms with Crippen molar-refractivity contribution < 1.29 is 9.90 Å². The van der Waals surface area contributed by atoms with E-state index in [-0.39, 0.29) is 5.92 Å². The Morgan fingerprint density at radius 3 is 2.88 bits per heavy atom. The molecule has 0 aromatic heterocycles. The van der Waals surface area contributed by atoms with E-state index in [4.69, 9.17) is 5.11 Å². The van der Waals surface area contributed by atoms with Gasteiger partial charge in [-0.3, -0.25) is 9.69 Å². The highest BCUT2D eigenvalue weighted by molar-refractivity contribution is 5.69. The number of hydrogen-bond acceptors (Lipinski definition) is 3. The second kappa shape index (κ2) is 5.15. The van der Waals surface area contributed by atoms with Crippen LogP contribution in [0.5, 0.6) is 0 Å². The number of aliphatic carboxylic acids is 1. The lowest BCUT2D eigenvalue weighted by molar-refractivity contribution is -0.141. The number of carbonyl (C=O) groups is 1. The average Bonchev–Trinajstić information content (AvgIpc) is 2.57. The van der Waals surface area contributed by atoms with Gasteiger partial charge in [-0.25, -0.2) is 0 Å². The van der Waals surface area contributed by atoms with Crippen molar-refractivity contribution in [3.63, 3.8) is 0 Å². The molecule has 0 aromatic carbocycles. The van der Waals surface area contributed by atoms with Crippen LogP contribution in [0.4, 0.5) is 0 Å². The monoisotopic (exact) mass is 226 g/mol. The number of rotatable bonds is 3. The fourth-order valence-corrected chi connectivity index (χ4v) is 2.91. The Kier molecular flexibility index (Phi) is 3.82. The quantitative estimate of drug-likeness (QED) is 0.776. The second-order valence-electron chi connectivity index (χ2n) is 5.18. The van der Waals surface area contributed by atoms with Crippen molar-refractivity contribution >= 4 is 5.97 Å². The zero-order valence-electron chi connectivity index (χ0n) is 10.1. The first kappa shape index (κ1) is 11.9. The summed E-state index contributed by atoms with van der Waals surface area (Å²) in [5.41, 5.74) is 0. The van der Waals surface area contributed by atoms with E-state index in [1.54, 1.807) is 6.92 Å². The molecule has 2 fully saturated rings. The van der Waals surface area contributed by atoms with Crippen LogP contribution < -0.4 is 0 Å². The Morgan fingerprint density at radius 1 is 1.38 bits per heavy atom. The maximum Gasteiger partial charge on any atom is 0.307 e. The maximum atomic E-state index is 10.8. The Bertz CT molecular complexity index is 257. The Morgan fingerprint density at radius 2 is 2.12 bits per heavy atom. The summed E-state index contributed by atoms with van der Waals surface area (Å²) in [5.74, 6) is -0.916. The number of carboxylic acids is 1. The van der Waals surface area contributed by atoms with Crippen LogP contribution in [0.1, 0.15) is 26.2 Å². The predicted molar refractivity (Wildman–Crippen MR) is 62.5 cm³/mol. The first-order chi connectivity index (χ1) is 7.66. The molecule has 0 bridgehead atoms. The van der Waals surface area contributed by atoms with Gasteiger partial charge in [0, 0.05) is 19.1 Å². The summed E-state index contributed by atoms with van der Waals surface area (Å²) < 4.78 is 0. The smallest absolute Gasteiger partial charge is 0.307 e. The van der Waals surface area contributed by atoms with E-state index in [1.165, 1.54) is 32.4 Å². The van der Waals surface area contributed by atoms with Crippen molar-refractivity contribution in [1.29, 1.82) is 0 Å². The van der Waals surface area contributed by atoms with E-state index >= 15 is 0 Å². The molecule has 0 saturated carbocycles. The topological polar surface area (TPSA) is 43.8 Å². The molecule has 4 heteroatoms. The van der Waals surface area contributed by atoms with Gasteiger partial charge in [-0.2, -0.15) is 0 Å². The van der Waals surface area contributed by atoms with Crippen molar-refractivity contribution in [1.82, 2.24) is 9.80 Å². The molecule has 2 unspecified atom stereocenters. The third kappa shape index (κ3) is 2.74. The third-order valence-corrected chi connectivity index (χ3v) is 3.84. The Hall–Kier alpha value is -0.610. The number of fused-ring (bicyclic) bond motifs is 1. The fraction of sp³-hybridized carbons (Fsp3) is 0.917. The molecule has 2 rings (SSSR count). The molecule has 2 aliphatic heterocycles. The SMILES string of the molecule is CC(CN1CCCN2CCCC2C1)C(=O)O. The summed E-state index contributed by atoms with van der Waals surface area (Å²) in [6.07, 6.45) is 3.79. The van der Waals surface area contributed by atoms with Gasteiger partial charge >= 0.3 is 5.97 Å². The van der Waals surface area contributed by atoms with Crippen LogP contribution in [0.3, 0.4) is 0 Å². The molecule has 0 aliphatic carbocycles. The molecule has 16 heavy (non-hydrogen) atoms. The van der Waals surface area contributed by atoms with Crippen molar-refractivity contribution in [3.05, 3.63) is 0 Å². The van der Waals surface area contributed by atoms with E-state index in [1.807, 2.05) is 0 Å². The third-order valence-electron chi connectivity index (χ3n) is 3.84. The van der Waals surface area contributed by atoms with Gasteiger partial charge < -0.3 is 10.0 Å². The molecule has 2 heterocycles. The van der Waals surface area contributed by atoms with Crippen LogP contribution in [-0.4, -0.2) is 59.6 Å². The summed E-state index contributed by atoms with van der Waals surface area (Å²) in [6, 6.07) is 0.684. The summed E-state index contributed by atoms with van der Waals surface area (Å²) in [5, 5.41) is 8.93. The predicted octanol–water partition coefficient (Wildman–Crippen LogP) is 0.877. The van der Waals surface area contributed by atoms with Crippen molar-refractivity contribution in [3.8, 4) is 0 Å². The van der Waals surface area contributed by atoms with Crippen LogP contribution in [-0.2, 0) is 4.79 Å². The fourth-order valence-electron chi connectivity index (χ4n) is 2.91. The number of nitrogens with zero attached hydrogens (tertiary/aromatic N) is 2. The summed E-state index contributed by atoms with van der Waals surface area (Å²) in [6.45, 7) is 7.08. The molecule has 0 radical (unpaired) electrons. The minimum Gasteiger partial charge on any atom is -0.481 e. The normalized spacial score (nSPS) is 29.7. The van der Waals surface area contributed by atoms with Crippen LogP contribution >= 0.6 is 0 Å². The van der Waals surface area contributed by atoms with E-state index < -0.39 is 5.97 Å². The van der Waals surface area contributed by atoms with Gasteiger partial charge in [-0.15, -0.1) is 0 Å². The van der Waals surface area contributed by atoms with Crippen LogP contribution in [0.15, 0.2) is 0 Å². The highest BCUT2D eigenvalue weighted by Crippen LogP contribution is 2.21. The highest BCUT2D eigenvalue weighted by Gasteiger charge is 2.29. The van der Waals surface area contributed by atoms with Crippen molar-refractivity contribution in [2.45, 2.75) is 32.2 Å². The van der Waals surface area contributed by atoms with E-state index in [0.29, 0.717) is 12.6 Å². The van der Waals surface area contributed by atoms with E-state index in [2.05, 4.69) is 9.80 Å². The first-order valence-corrected chi connectivity index (χ1v) is 6.36. The lowest BCUT2D eigenvalue weighted by atomic mass is 10.1. The van der Waals surface area contributed by atoms with Gasteiger partial charge in [0.25, 0.3) is 0 Å². The van der Waals surface area contributed by atoms with Crippen LogP contribution in [0, 0.1) is 5.92 Å². The average molecular weight is 226 g/mol. The summed E-state index contributed by atoms with van der Waals surface area (Å²) in [7, 11) is 0. The van der Waals surface area contributed by atoms with Gasteiger partial charge in [0.15, 0.2) is 0 Å². The molecular weight excluding hydrogens is 204 g/mol. The maximum absolute atomic E-state index is 10.8. The van der Waals surface area contributed by atoms with Gasteiger partial charge in [0.05, 0.1) is 5.92 Å². The first-order valence-electron chi connectivity index (χ1n) is 6.36. The molecular formula is C12H22N2O2. The summed E-state index contributed by atoms with van der Waals surface area (Å²) in [4.78, 5) is 15.8. The minimum absolute atomic E-state index is 0.243. The van der Waals surface area contributed by atoms with Crippen LogP contribution in [0.25, 0.3) is 0 Å². The van der Waals surface area contributed by atoms with E-state index in [0.717, 1.165) is 13.1 Å². The van der Waals surface area contributed by atoms with Crippen molar-refractivity contribution in [2.75, 3.05) is 32.7 Å². The standard InChI is InChI=1S/C12H22N2O2/c1-10(12(15)16)8-13-5-3-7-14-6-2-4-11(14)9-13/h10-11H,2-9H2,1H3,(H,15,16). The second-order valence-corrected chi connectivity index (χ2v) is 5.18. The lowest BCUT2D eigenvalue weighted by Gasteiger charge is -2.26. The number of carboxylic acid groups (broad SMARTS) is 1. The largest absolute Gasteiger partial charge is 0.481 e. The Balaban J connectivity index is 1.88. The van der Waals surface area contributed by atoms with Crippen LogP contribution in [0.2, 0.25) is 0 Å². The molecule has 0 spiro atoms. The molecule has 92 valence electrons. The minimum atomic E-state index is -0.674. The van der Waals surface area contributed by atoms with Gasteiger partial charge in [-0.05, 0) is 38.9 Å². The zero-order chi connectivity index (χ0) is 11.5. The summed E-state index contributed by atoms with van der Waals surface area (Å²) >= 11 is 0. The van der Waals surface area contributed by atoms with Gasteiger partial charge in [0.2, 0.25) is 0 Å². The molecule has 2 saturated heterocycles. The Labute approximate surface area is 97.2 Å². The van der Waals surface area contributed by atoms with Crippen molar-refractivity contribution in [2.24, 2.45) is 5.92 Å². The zero-order valence-corrected chi connectivity index (χ0v) is 10.1. The molecule has 2 atom stereocenters. The molecule has 1 N–H and O–H groups in total. The highest BCUT2D eigenvalue weighted by atomic mass is 16.4. The van der Waals surface area contributed by atoms with E-state index in [9.17, 15) is 4.79 Å². The molecule has 4 nitrogen and oxygen atoms in total. The molecule has 0 amide bonds. The van der Waals surface area contributed by atoms with Gasteiger partial charge in [0.1, 0.15) is 0 Å². The molecule has 2 aliphatic rings. The number of hydrogen-bond donors (Lipinski definition) is 1. The lowest BCUT2D eigenvalue weighted by Crippen LogP contribution is -2.39. The van der Waals surface area contributed by atoms with Gasteiger partial charge in [-0.1, -0.05) is 6.92 Å². The molecule has 0 aromatic rings.